The summed E-state index contributed by atoms with van der Waals surface area (Å²) in [5.41, 5.74) is 4.44. The van der Waals surface area contributed by atoms with Gasteiger partial charge in [0, 0.05) is 6.21 Å². The molecule has 0 saturated carbocycles. The number of halogens is 1. The molecular formula is C18H18BrNO. The highest BCUT2D eigenvalue weighted by atomic mass is 79.9. The van der Waals surface area contributed by atoms with E-state index >= 15 is 0 Å². The molecule has 2 nitrogen and oxygen atoms in total. The van der Waals surface area contributed by atoms with Crippen molar-refractivity contribution in [2.45, 2.75) is 13.8 Å². The minimum atomic E-state index is 0.495. The Hall–Kier alpha value is -1.87. The molecule has 0 radical (unpaired) electrons. The molecule has 0 fully saturated rings. The van der Waals surface area contributed by atoms with Gasteiger partial charge in [0.15, 0.2) is 0 Å². The van der Waals surface area contributed by atoms with Crippen molar-refractivity contribution < 1.29 is 4.74 Å². The van der Waals surface area contributed by atoms with Gasteiger partial charge >= 0.3 is 0 Å². The fraction of sp³-hybridized carbons (Fsp3) is 0.167. The first-order chi connectivity index (χ1) is 10.1. The molecule has 0 heterocycles. The van der Waals surface area contributed by atoms with Crippen LogP contribution in [0.5, 0.6) is 5.75 Å². The number of hydrogen-bond donors (Lipinski definition) is 0. The summed E-state index contributed by atoms with van der Waals surface area (Å²) in [5.74, 6) is 0.804. The van der Waals surface area contributed by atoms with E-state index in [1.165, 1.54) is 11.1 Å². The van der Waals surface area contributed by atoms with Crippen LogP contribution in [0.1, 0.15) is 16.7 Å². The van der Waals surface area contributed by atoms with Crippen LogP contribution in [0.2, 0.25) is 0 Å². The van der Waals surface area contributed by atoms with E-state index in [1.807, 2.05) is 30.5 Å². The molecule has 2 aromatic carbocycles. The number of aryl methyl sites for hydroxylation is 2. The maximum Gasteiger partial charge on any atom is 0.133 e. The predicted octanol–water partition coefficient (Wildman–Crippen LogP) is 5.38. The molecule has 0 aliphatic rings. The van der Waals surface area contributed by atoms with E-state index in [0.29, 0.717) is 6.61 Å². The largest absolute Gasteiger partial charge is 0.488 e. The molecule has 0 aliphatic carbocycles. The number of hydrogen-bond acceptors (Lipinski definition) is 2. The summed E-state index contributed by atoms with van der Waals surface area (Å²) in [6, 6.07) is 12.1. The monoisotopic (exact) mass is 343 g/mol. The average molecular weight is 344 g/mol. The van der Waals surface area contributed by atoms with Crippen LogP contribution in [0, 0.1) is 13.8 Å². The molecule has 0 spiro atoms. The average Bonchev–Trinajstić information content (AvgIpc) is 2.45. The lowest BCUT2D eigenvalue weighted by Crippen LogP contribution is -1.94. The molecule has 108 valence electrons. The third-order valence-electron chi connectivity index (χ3n) is 3.02. The zero-order valence-corrected chi connectivity index (χ0v) is 13.9. The molecule has 0 unspecified atom stereocenters. The molecule has 0 bridgehead atoms. The zero-order valence-electron chi connectivity index (χ0n) is 12.3. The number of rotatable bonds is 5. The summed E-state index contributed by atoms with van der Waals surface area (Å²) in [6.45, 7) is 8.29. The summed E-state index contributed by atoms with van der Waals surface area (Å²) in [4.78, 5) is 4.55. The van der Waals surface area contributed by atoms with Crippen molar-refractivity contribution in [3.8, 4) is 5.75 Å². The van der Waals surface area contributed by atoms with Crippen molar-refractivity contribution in [1.82, 2.24) is 0 Å². The highest BCUT2D eigenvalue weighted by Gasteiger charge is 2.01. The SMILES string of the molecule is C=CCOc1ccc(C=Nc2ccc(C)cc2C)cc1Br. The van der Waals surface area contributed by atoms with E-state index < -0.39 is 0 Å². The lowest BCUT2D eigenvalue weighted by molar-refractivity contribution is 0.361. The molecule has 0 aliphatic heterocycles. The Balaban J connectivity index is 2.17. The van der Waals surface area contributed by atoms with Gasteiger partial charge in [-0.1, -0.05) is 30.4 Å². The van der Waals surface area contributed by atoms with Gasteiger partial charge in [-0.05, 0) is 65.2 Å². The molecule has 21 heavy (non-hydrogen) atoms. The summed E-state index contributed by atoms with van der Waals surface area (Å²) in [6.07, 6.45) is 3.59. The second-order valence-corrected chi connectivity index (χ2v) is 5.69. The van der Waals surface area contributed by atoms with Gasteiger partial charge < -0.3 is 4.74 Å². The predicted molar refractivity (Wildman–Crippen MR) is 93.0 cm³/mol. The highest BCUT2D eigenvalue weighted by molar-refractivity contribution is 9.10. The Labute approximate surface area is 134 Å². The summed E-state index contributed by atoms with van der Waals surface area (Å²) >= 11 is 3.51. The van der Waals surface area contributed by atoms with E-state index in [2.05, 4.69) is 53.5 Å². The Bertz CT molecular complexity index is 677. The van der Waals surface area contributed by atoms with Crippen molar-refractivity contribution in [3.63, 3.8) is 0 Å². The van der Waals surface area contributed by atoms with Gasteiger partial charge in [0.25, 0.3) is 0 Å². The Morgan fingerprint density at radius 2 is 2.00 bits per heavy atom. The Kier molecular flexibility index (Phi) is 5.34. The van der Waals surface area contributed by atoms with Gasteiger partial charge in [-0.2, -0.15) is 0 Å². The van der Waals surface area contributed by atoms with Gasteiger partial charge in [-0.3, -0.25) is 4.99 Å². The second kappa shape index (κ2) is 7.23. The van der Waals surface area contributed by atoms with Crippen molar-refractivity contribution in [2.75, 3.05) is 6.61 Å². The van der Waals surface area contributed by atoms with Gasteiger partial charge in [0.1, 0.15) is 12.4 Å². The molecule has 0 aromatic heterocycles. The van der Waals surface area contributed by atoms with Crippen molar-refractivity contribution in [2.24, 2.45) is 4.99 Å². The van der Waals surface area contributed by atoms with E-state index in [4.69, 9.17) is 4.74 Å². The minimum Gasteiger partial charge on any atom is -0.488 e. The minimum absolute atomic E-state index is 0.495. The first-order valence-corrected chi connectivity index (χ1v) is 7.54. The molecule has 0 saturated heterocycles. The summed E-state index contributed by atoms with van der Waals surface area (Å²) < 4.78 is 6.44. The summed E-state index contributed by atoms with van der Waals surface area (Å²) in [7, 11) is 0. The van der Waals surface area contributed by atoms with Crippen LogP contribution >= 0.6 is 15.9 Å². The second-order valence-electron chi connectivity index (χ2n) is 4.84. The normalized spacial score (nSPS) is 10.8. The fourth-order valence-electron chi connectivity index (χ4n) is 1.96. The Morgan fingerprint density at radius 3 is 2.67 bits per heavy atom. The van der Waals surface area contributed by atoms with Gasteiger partial charge in [-0.25, -0.2) is 0 Å². The molecule has 2 aromatic rings. The van der Waals surface area contributed by atoms with E-state index in [-0.39, 0.29) is 0 Å². The number of aliphatic imine (C=N–C) groups is 1. The number of benzene rings is 2. The molecule has 0 atom stereocenters. The van der Waals surface area contributed by atoms with Gasteiger partial charge in [0.05, 0.1) is 10.2 Å². The van der Waals surface area contributed by atoms with Crippen LogP contribution in [0.15, 0.2) is 58.5 Å². The number of ether oxygens (including phenoxy) is 1. The van der Waals surface area contributed by atoms with Gasteiger partial charge in [-0.15, -0.1) is 0 Å². The molecule has 2 rings (SSSR count). The van der Waals surface area contributed by atoms with Crippen molar-refractivity contribution >= 4 is 27.8 Å². The van der Waals surface area contributed by atoms with E-state index in [9.17, 15) is 0 Å². The molecule has 0 N–H and O–H groups in total. The van der Waals surface area contributed by atoms with Crippen LogP contribution in [-0.2, 0) is 0 Å². The fourth-order valence-corrected chi connectivity index (χ4v) is 2.47. The molecule has 3 heteroatoms. The van der Waals surface area contributed by atoms with Crippen molar-refractivity contribution in [1.29, 1.82) is 0 Å². The molecular weight excluding hydrogens is 326 g/mol. The maximum atomic E-state index is 5.53. The quantitative estimate of drug-likeness (QED) is 0.527. The van der Waals surface area contributed by atoms with E-state index in [1.54, 1.807) is 6.08 Å². The van der Waals surface area contributed by atoms with Crippen LogP contribution in [-0.4, -0.2) is 12.8 Å². The zero-order chi connectivity index (χ0) is 15.2. The first kappa shape index (κ1) is 15.5. The lowest BCUT2D eigenvalue weighted by Gasteiger charge is -2.06. The maximum absolute atomic E-state index is 5.53. The standard InChI is InChI=1S/C18H18BrNO/c1-4-9-21-18-8-6-15(11-16(18)19)12-20-17-7-5-13(2)10-14(17)3/h4-8,10-12H,1,9H2,2-3H3. The molecule has 0 amide bonds. The van der Waals surface area contributed by atoms with E-state index in [0.717, 1.165) is 21.5 Å². The van der Waals surface area contributed by atoms with Crippen LogP contribution < -0.4 is 4.74 Å². The van der Waals surface area contributed by atoms with Crippen LogP contribution in [0.3, 0.4) is 0 Å². The summed E-state index contributed by atoms with van der Waals surface area (Å²) in [5, 5.41) is 0. The highest BCUT2D eigenvalue weighted by Crippen LogP contribution is 2.26. The topological polar surface area (TPSA) is 21.6 Å². The first-order valence-electron chi connectivity index (χ1n) is 6.74. The lowest BCUT2D eigenvalue weighted by atomic mass is 10.1. The smallest absolute Gasteiger partial charge is 0.133 e. The third-order valence-corrected chi connectivity index (χ3v) is 3.64. The van der Waals surface area contributed by atoms with Gasteiger partial charge in [0.2, 0.25) is 0 Å². The Morgan fingerprint density at radius 1 is 1.19 bits per heavy atom. The number of nitrogens with zero attached hydrogens (tertiary/aromatic N) is 1. The van der Waals surface area contributed by atoms with Crippen molar-refractivity contribution in [3.05, 3.63) is 70.2 Å². The third kappa shape index (κ3) is 4.30. The van der Waals surface area contributed by atoms with Crippen LogP contribution in [0.25, 0.3) is 0 Å². The van der Waals surface area contributed by atoms with Crippen LogP contribution in [0.4, 0.5) is 5.69 Å².